The van der Waals surface area contributed by atoms with Gasteiger partial charge >= 0.3 is 0 Å². The van der Waals surface area contributed by atoms with Crippen LogP contribution in [0.1, 0.15) is 11.1 Å². The lowest BCUT2D eigenvalue weighted by Crippen LogP contribution is -2.24. The first-order valence-electron chi connectivity index (χ1n) is 6.47. The molecular formula is C16H10N6. The van der Waals surface area contributed by atoms with Crippen molar-refractivity contribution in [2.45, 2.75) is 0 Å². The molecule has 1 aromatic heterocycles. The first kappa shape index (κ1) is 13.3. The maximum absolute atomic E-state index is 8.90. The smallest absolute Gasteiger partial charge is 0.139 e. The van der Waals surface area contributed by atoms with Crippen molar-refractivity contribution >= 4 is 11.4 Å². The standard InChI is InChI=1S/C16H10N6/c17-9-13-1-5-15(6-2-13)22(21-12-19-11-20-21)16-7-3-14(10-18)4-8-16/h1-8,11-12H. The number of anilines is 2. The molecule has 104 valence electrons. The lowest BCUT2D eigenvalue weighted by molar-refractivity contribution is 0.700. The largest absolute Gasteiger partial charge is 0.232 e. The zero-order chi connectivity index (χ0) is 15.4. The van der Waals surface area contributed by atoms with E-state index in [1.165, 1.54) is 6.33 Å². The van der Waals surface area contributed by atoms with Crippen molar-refractivity contribution in [1.82, 2.24) is 14.9 Å². The number of nitrogens with zero attached hydrogens (tertiary/aromatic N) is 6. The van der Waals surface area contributed by atoms with Crippen LogP contribution >= 0.6 is 0 Å². The Kier molecular flexibility index (Phi) is 3.51. The number of rotatable bonds is 3. The van der Waals surface area contributed by atoms with Gasteiger partial charge in [0.1, 0.15) is 12.7 Å². The van der Waals surface area contributed by atoms with Gasteiger partial charge in [-0.25, -0.2) is 9.99 Å². The van der Waals surface area contributed by atoms with Crippen LogP contribution in [-0.2, 0) is 0 Å². The summed E-state index contributed by atoms with van der Waals surface area (Å²) in [7, 11) is 0. The number of benzene rings is 2. The van der Waals surface area contributed by atoms with Crippen LogP contribution in [-0.4, -0.2) is 14.9 Å². The van der Waals surface area contributed by atoms with Gasteiger partial charge in [0.2, 0.25) is 0 Å². The molecule has 6 nitrogen and oxygen atoms in total. The summed E-state index contributed by atoms with van der Waals surface area (Å²) < 4.78 is 0. The van der Waals surface area contributed by atoms with Crippen LogP contribution in [0, 0.1) is 22.7 Å². The fraction of sp³-hybridized carbons (Fsp3) is 0. The van der Waals surface area contributed by atoms with E-state index >= 15 is 0 Å². The molecule has 0 radical (unpaired) electrons. The van der Waals surface area contributed by atoms with Gasteiger partial charge in [-0.05, 0) is 48.5 Å². The van der Waals surface area contributed by atoms with Crippen molar-refractivity contribution in [2.75, 3.05) is 5.01 Å². The molecule has 1 heterocycles. The van der Waals surface area contributed by atoms with Crippen LogP contribution in [0.2, 0.25) is 0 Å². The second kappa shape index (κ2) is 5.78. The molecule has 3 aromatic rings. The van der Waals surface area contributed by atoms with Gasteiger partial charge in [-0.1, -0.05) is 0 Å². The summed E-state index contributed by atoms with van der Waals surface area (Å²) >= 11 is 0. The van der Waals surface area contributed by atoms with Crippen LogP contribution in [0.4, 0.5) is 11.4 Å². The highest BCUT2D eigenvalue weighted by Crippen LogP contribution is 2.26. The molecule has 2 aromatic carbocycles. The quantitative estimate of drug-likeness (QED) is 0.739. The average molecular weight is 286 g/mol. The van der Waals surface area contributed by atoms with Crippen LogP contribution in [0.3, 0.4) is 0 Å². The van der Waals surface area contributed by atoms with E-state index in [0.29, 0.717) is 11.1 Å². The molecule has 0 aliphatic heterocycles. The highest BCUT2D eigenvalue weighted by Gasteiger charge is 2.12. The zero-order valence-electron chi connectivity index (χ0n) is 11.5. The Morgan fingerprint density at radius 2 is 1.32 bits per heavy atom. The maximum Gasteiger partial charge on any atom is 0.139 e. The first-order valence-corrected chi connectivity index (χ1v) is 6.47. The van der Waals surface area contributed by atoms with E-state index in [1.807, 2.05) is 29.3 Å². The third-order valence-electron chi connectivity index (χ3n) is 3.09. The van der Waals surface area contributed by atoms with Gasteiger partial charge in [0.15, 0.2) is 0 Å². The normalized spacial score (nSPS) is 9.73. The summed E-state index contributed by atoms with van der Waals surface area (Å²) in [6.45, 7) is 0. The summed E-state index contributed by atoms with van der Waals surface area (Å²) in [5.41, 5.74) is 2.83. The fourth-order valence-corrected chi connectivity index (χ4v) is 2.05. The van der Waals surface area contributed by atoms with Crippen molar-refractivity contribution in [3.8, 4) is 12.1 Å². The summed E-state index contributed by atoms with van der Waals surface area (Å²) in [4.78, 5) is 5.55. The number of aromatic nitrogens is 3. The topological polar surface area (TPSA) is 81.5 Å². The van der Waals surface area contributed by atoms with E-state index in [9.17, 15) is 0 Å². The molecule has 0 atom stereocenters. The molecule has 0 aliphatic rings. The van der Waals surface area contributed by atoms with E-state index in [1.54, 1.807) is 35.4 Å². The maximum atomic E-state index is 8.90. The van der Waals surface area contributed by atoms with Crippen LogP contribution in [0.5, 0.6) is 0 Å². The number of nitriles is 2. The highest BCUT2D eigenvalue weighted by molar-refractivity contribution is 5.63. The zero-order valence-corrected chi connectivity index (χ0v) is 11.5. The third-order valence-corrected chi connectivity index (χ3v) is 3.09. The van der Waals surface area contributed by atoms with Crippen LogP contribution < -0.4 is 5.01 Å². The Hall–Kier alpha value is -3.64. The molecule has 22 heavy (non-hydrogen) atoms. The predicted molar refractivity (Wildman–Crippen MR) is 79.9 cm³/mol. The molecule has 0 fully saturated rings. The molecule has 0 N–H and O–H groups in total. The van der Waals surface area contributed by atoms with Crippen molar-refractivity contribution in [2.24, 2.45) is 0 Å². The predicted octanol–water partition coefficient (Wildman–Crippen LogP) is 2.62. The molecule has 0 amide bonds. The third kappa shape index (κ3) is 2.49. The number of hydrogen-bond donors (Lipinski definition) is 0. The van der Waals surface area contributed by atoms with Crippen molar-refractivity contribution in [1.29, 1.82) is 10.5 Å². The molecule has 0 saturated carbocycles. The molecular weight excluding hydrogens is 276 g/mol. The molecule has 0 aliphatic carbocycles. The van der Waals surface area contributed by atoms with Crippen molar-refractivity contribution in [3.63, 3.8) is 0 Å². The number of hydrogen-bond acceptors (Lipinski definition) is 5. The monoisotopic (exact) mass is 286 g/mol. The van der Waals surface area contributed by atoms with Gasteiger partial charge in [-0.2, -0.15) is 15.3 Å². The van der Waals surface area contributed by atoms with Crippen LogP contribution in [0.25, 0.3) is 0 Å². The molecule has 0 bridgehead atoms. The van der Waals surface area contributed by atoms with E-state index in [0.717, 1.165) is 11.4 Å². The fourth-order valence-electron chi connectivity index (χ4n) is 2.05. The highest BCUT2D eigenvalue weighted by atomic mass is 15.7. The minimum Gasteiger partial charge on any atom is -0.232 e. The summed E-state index contributed by atoms with van der Waals surface area (Å²) in [5, 5.41) is 23.8. The Morgan fingerprint density at radius 1 is 0.818 bits per heavy atom. The lowest BCUT2D eigenvalue weighted by Gasteiger charge is -2.24. The van der Waals surface area contributed by atoms with Gasteiger partial charge < -0.3 is 0 Å². The van der Waals surface area contributed by atoms with Gasteiger partial charge in [0, 0.05) is 0 Å². The second-order valence-corrected chi connectivity index (χ2v) is 4.45. The Bertz CT molecular complexity index is 778. The summed E-state index contributed by atoms with van der Waals surface area (Å²) in [5.74, 6) is 0. The lowest BCUT2D eigenvalue weighted by atomic mass is 10.2. The molecule has 0 unspecified atom stereocenters. The van der Waals surface area contributed by atoms with Crippen molar-refractivity contribution in [3.05, 3.63) is 72.3 Å². The Labute approximate surface area is 127 Å². The summed E-state index contributed by atoms with van der Waals surface area (Å²) in [6, 6.07) is 18.5. The van der Waals surface area contributed by atoms with Gasteiger partial charge in [-0.15, -0.1) is 5.10 Å². The Morgan fingerprint density at radius 3 is 1.68 bits per heavy atom. The average Bonchev–Trinajstić information content (AvgIpc) is 3.10. The molecule has 6 heteroatoms. The first-order chi connectivity index (χ1) is 10.8. The molecule has 0 saturated heterocycles. The van der Waals surface area contributed by atoms with E-state index < -0.39 is 0 Å². The second-order valence-electron chi connectivity index (χ2n) is 4.45. The van der Waals surface area contributed by atoms with Gasteiger partial charge in [-0.3, -0.25) is 0 Å². The van der Waals surface area contributed by atoms with Gasteiger partial charge in [0.05, 0.1) is 34.6 Å². The Balaban J connectivity index is 2.07. The van der Waals surface area contributed by atoms with Crippen molar-refractivity contribution < 1.29 is 0 Å². The van der Waals surface area contributed by atoms with Gasteiger partial charge in [0.25, 0.3) is 0 Å². The van der Waals surface area contributed by atoms with E-state index in [-0.39, 0.29) is 0 Å². The summed E-state index contributed by atoms with van der Waals surface area (Å²) in [6.07, 6.45) is 3.02. The van der Waals surface area contributed by atoms with E-state index in [2.05, 4.69) is 22.2 Å². The van der Waals surface area contributed by atoms with Crippen LogP contribution in [0.15, 0.2) is 61.2 Å². The van der Waals surface area contributed by atoms with E-state index in [4.69, 9.17) is 10.5 Å². The minimum atomic E-state index is 0.585. The molecule has 0 spiro atoms. The molecule has 3 rings (SSSR count). The SMILES string of the molecule is N#Cc1ccc(N(c2ccc(C#N)cc2)n2cncn2)cc1. The minimum absolute atomic E-state index is 0.585.